The van der Waals surface area contributed by atoms with E-state index in [1.165, 1.54) is 0 Å². The molecule has 0 unspecified atom stereocenters. The van der Waals surface area contributed by atoms with Gasteiger partial charge in [-0.05, 0) is 32.6 Å². The smallest absolute Gasteiger partial charge is 0.307 e. The molecule has 0 spiro atoms. The van der Waals surface area contributed by atoms with Crippen LogP contribution in [0, 0.1) is 11.8 Å². The summed E-state index contributed by atoms with van der Waals surface area (Å²) in [6.45, 7) is 4.03. The van der Waals surface area contributed by atoms with Crippen molar-refractivity contribution >= 4 is 11.9 Å². The predicted molar refractivity (Wildman–Crippen MR) is 74.2 cm³/mol. The predicted octanol–water partition coefficient (Wildman–Crippen LogP) is 1.68. The van der Waals surface area contributed by atoms with Gasteiger partial charge in [-0.1, -0.05) is 12.2 Å². The number of allylic oxidation sites excluding steroid dienone is 2. The molecule has 2 atom stereocenters. The number of likely N-dealkylation sites (tertiary alicyclic amines) is 1. The monoisotopic (exact) mass is 281 g/mol. The summed E-state index contributed by atoms with van der Waals surface area (Å²) in [5.41, 5.74) is 0. The van der Waals surface area contributed by atoms with Crippen LogP contribution in [0.1, 0.15) is 32.6 Å². The Labute approximate surface area is 119 Å². The summed E-state index contributed by atoms with van der Waals surface area (Å²) in [5.74, 6) is -1.84. The first-order valence-electron chi connectivity index (χ1n) is 7.41. The van der Waals surface area contributed by atoms with Crippen molar-refractivity contribution in [1.82, 2.24) is 4.90 Å². The first kappa shape index (κ1) is 15.0. The molecule has 1 N–H and O–H groups in total. The molecular formula is C15H23NO4. The van der Waals surface area contributed by atoms with Gasteiger partial charge < -0.3 is 14.7 Å². The normalized spacial score (nSPS) is 27.6. The van der Waals surface area contributed by atoms with Gasteiger partial charge in [0.25, 0.3) is 0 Å². The third kappa shape index (κ3) is 3.39. The minimum atomic E-state index is -0.864. The Hall–Kier alpha value is -1.36. The first-order valence-corrected chi connectivity index (χ1v) is 7.41. The third-order valence-electron chi connectivity index (χ3n) is 4.22. The summed E-state index contributed by atoms with van der Waals surface area (Å²) < 4.78 is 5.57. The van der Waals surface area contributed by atoms with Crippen LogP contribution >= 0.6 is 0 Å². The number of piperidine rings is 1. The molecule has 1 aliphatic carbocycles. The van der Waals surface area contributed by atoms with Crippen LogP contribution in [0.15, 0.2) is 12.2 Å². The van der Waals surface area contributed by atoms with E-state index >= 15 is 0 Å². The van der Waals surface area contributed by atoms with Gasteiger partial charge in [0, 0.05) is 19.7 Å². The third-order valence-corrected chi connectivity index (χ3v) is 4.22. The Balaban J connectivity index is 1.94. The van der Waals surface area contributed by atoms with Gasteiger partial charge in [0.1, 0.15) is 0 Å². The van der Waals surface area contributed by atoms with Gasteiger partial charge in [0.15, 0.2) is 0 Å². The molecule has 1 fully saturated rings. The Morgan fingerprint density at radius 1 is 1.20 bits per heavy atom. The summed E-state index contributed by atoms with van der Waals surface area (Å²) in [6, 6.07) is 0. The van der Waals surface area contributed by atoms with Crippen LogP contribution in [-0.4, -0.2) is 47.7 Å². The number of hydrogen-bond acceptors (Lipinski definition) is 3. The Morgan fingerprint density at radius 2 is 1.80 bits per heavy atom. The number of carboxylic acids is 1. The highest BCUT2D eigenvalue weighted by Crippen LogP contribution is 2.29. The standard InChI is InChI=1S/C15H23NO4/c1-2-20-11-7-9-16(10-8-11)14(17)12-5-3-4-6-13(12)15(18)19/h3-4,11-13H,2,5-10H2,1H3,(H,18,19)/t12-,13+/m1/s1. The number of rotatable bonds is 4. The van der Waals surface area contributed by atoms with E-state index in [0.717, 1.165) is 12.8 Å². The second-order valence-corrected chi connectivity index (χ2v) is 5.47. The molecule has 0 aromatic carbocycles. The molecular weight excluding hydrogens is 258 g/mol. The minimum absolute atomic E-state index is 0.00306. The molecule has 5 heteroatoms. The molecule has 1 heterocycles. The van der Waals surface area contributed by atoms with Crippen LogP contribution in [-0.2, 0) is 14.3 Å². The van der Waals surface area contributed by atoms with Crippen molar-refractivity contribution in [1.29, 1.82) is 0 Å². The number of hydrogen-bond donors (Lipinski definition) is 1. The van der Waals surface area contributed by atoms with E-state index in [1.54, 1.807) is 0 Å². The van der Waals surface area contributed by atoms with Crippen LogP contribution in [0.3, 0.4) is 0 Å². The lowest BCUT2D eigenvalue weighted by Crippen LogP contribution is -2.46. The number of amides is 1. The molecule has 0 bridgehead atoms. The molecule has 0 radical (unpaired) electrons. The lowest BCUT2D eigenvalue weighted by atomic mass is 9.82. The van der Waals surface area contributed by atoms with Crippen molar-refractivity contribution in [3.63, 3.8) is 0 Å². The van der Waals surface area contributed by atoms with Crippen LogP contribution in [0.25, 0.3) is 0 Å². The zero-order valence-electron chi connectivity index (χ0n) is 12.0. The molecule has 0 aromatic rings. The van der Waals surface area contributed by atoms with Crippen molar-refractivity contribution in [2.45, 2.75) is 38.7 Å². The van der Waals surface area contributed by atoms with E-state index < -0.39 is 17.8 Å². The molecule has 1 amide bonds. The number of aliphatic carboxylic acids is 1. The van der Waals surface area contributed by atoms with Gasteiger partial charge >= 0.3 is 5.97 Å². The Morgan fingerprint density at radius 3 is 2.35 bits per heavy atom. The maximum atomic E-state index is 12.5. The SMILES string of the molecule is CCOC1CCN(C(=O)[C@@H]2CC=CC[C@@H]2C(=O)O)CC1. The van der Waals surface area contributed by atoms with E-state index in [9.17, 15) is 14.7 Å². The van der Waals surface area contributed by atoms with E-state index in [0.29, 0.717) is 32.5 Å². The van der Waals surface area contributed by atoms with Crippen LogP contribution in [0.5, 0.6) is 0 Å². The number of carboxylic acid groups (broad SMARTS) is 1. The topological polar surface area (TPSA) is 66.8 Å². The zero-order valence-corrected chi connectivity index (χ0v) is 12.0. The maximum Gasteiger partial charge on any atom is 0.307 e. The minimum Gasteiger partial charge on any atom is -0.481 e. The van der Waals surface area contributed by atoms with E-state index in [2.05, 4.69) is 0 Å². The average molecular weight is 281 g/mol. The van der Waals surface area contributed by atoms with Gasteiger partial charge in [0.05, 0.1) is 17.9 Å². The quantitative estimate of drug-likeness (QED) is 0.796. The molecule has 0 aromatic heterocycles. The molecule has 112 valence electrons. The molecule has 20 heavy (non-hydrogen) atoms. The number of carbonyl (C=O) groups is 2. The van der Waals surface area contributed by atoms with Gasteiger partial charge in [-0.15, -0.1) is 0 Å². The van der Waals surface area contributed by atoms with Crippen molar-refractivity contribution in [3.05, 3.63) is 12.2 Å². The molecule has 2 rings (SSSR count). The summed E-state index contributed by atoms with van der Waals surface area (Å²) in [6.07, 6.45) is 6.73. The highest BCUT2D eigenvalue weighted by molar-refractivity contribution is 5.85. The number of ether oxygens (including phenoxy) is 1. The highest BCUT2D eigenvalue weighted by Gasteiger charge is 2.37. The van der Waals surface area contributed by atoms with Gasteiger partial charge in [-0.25, -0.2) is 0 Å². The second kappa shape index (κ2) is 6.88. The van der Waals surface area contributed by atoms with E-state index in [1.807, 2.05) is 24.0 Å². The Kier molecular flexibility index (Phi) is 5.17. The Bertz CT molecular complexity index is 385. The largest absolute Gasteiger partial charge is 0.481 e. The van der Waals surface area contributed by atoms with Crippen LogP contribution in [0.2, 0.25) is 0 Å². The van der Waals surface area contributed by atoms with E-state index in [-0.39, 0.29) is 12.0 Å². The fourth-order valence-electron chi connectivity index (χ4n) is 3.07. The fraction of sp³-hybridized carbons (Fsp3) is 0.733. The van der Waals surface area contributed by atoms with Gasteiger partial charge in [-0.2, -0.15) is 0 Å². The second-order valence-electron chi connectivity index (χ2n) is 5.47. The fourth-order valence-corrected chi connectivity index (χ4v) is 3.07. The van der Waals surface area contributed by atoms with Crippen molar-refractivity contribution < 1.29 is 19.4 Å². The molecule has 5 nitrogen and oxygen atoms in total. The number of nitrogens with zero attached hydrogens (tertiary/aromatic N) is 1. The molecule has 1 aliphatic heterocycles. The lowest BCUT2D eigenvalue weighted by molar-refractivity contribution is -0.151. The summed E-state index contributed by atoms with van der Waals surface area (Å²) in [5, 5.41) is 9.24. The van der Waals surface area contributed by atoms with E-state index in [4.69, 9.17) is 4.74 Å². The summed E-state index contributed by atoms with van der Waals surface area (Å²) >= 11 is 0. The molecule has 0 saturated carbocycles. The number of carbonyl (C=O) groups excluding carboxylic acids is 1. The van der Waals surface area contributed by atoms with Crippen LogP contribution < -0.4 is 0 Å². The van der Waals surface area contributed by atoms with Crippen molar-refractivity contribution in [3.8, 4) is 0 Å². The zero-order chi connectivity index (χ0) is 14.5. The van der Waals surface area contributed by atoms with Gasteiger partial charge in [-0.3, -0.25) is 9.59 Å². The summed E-state index contributed by atoms with van der Waals surface area (Å²) in [4.78, 5) is 25.6. The van der Waals surface area contributed by atoms with Crippen LogP contribution in [0.4, 0.5) is 0 Å². The summed E-state index contributed by atoms with van der Waals surface area (Å²) in [7, 11) is 0. The first-order chi connectivity index (χ1) is 9.63. The van der Waals surface area contributed by atoms with Crippen molar-refractivity contribution in [2.75, 3.05) is 19.7 Å². The average Bonchev–Trinajstić information content (AvgIpc) is 2.47. The van der Waals surface area contributed by atoms with Gasteiger partial charge in [0.2, 0.25) is 5.91 Å². The molecule has 1 saturated heterocycles. The molecule has 2 aliphatic rings. The lowest BCUT2D eigenvalue weighted by Gasteiger charge is -2.35. The van der Waals surface area contributed by atoms with Crippen molar-refractivity contribution in [2.24, 2.45) is 11.8 Å². The maximum absolute atomic E-state index is 12.5. The highest BCUT2D eigenvalue weighted by atomic mass is 16.5.